The lowest BCUT2D eigenvalue weighted by atomic mass is 10.3. The topological polar surface area (TPSA) is 106 Å². The van der Waals surface area contributed by atoms with E-state index >= 15 is 0 Å². The maximum atomic E-state index is 11.7. The monoisotopic (exact) mass is 261 g/mol. The number of nitrogen functional groups attached to an aromatic ring is 1. The summed E-state index contributed by atoms with van der Waals surface area (Å²) >= 11 is 0. The van der Waals surface area contributed by atoms with Gasteiger partial charge in [0.1, 0.15) is 11.5 Å². The number of hydrogen-bond donors (Lipinski definition) is 3. The molecule has 2 heterocycles. The number of H-pyrrole nitrogens is 1. The van der Waals surface area contributed by atoms with Gasteiger partial charge in [-0.2, -0.15) is 0 Å². The van der Waals surface area contributed by atoms with Crippen molar-refractivity contribution < 1.29 is 0 Å². The lowest BCUT2D eigenvalue weighted by Gasteiger charge is -2.12. The standard InChI is InChI=1S/C12H15N5O2/c1-2-17-10(13)9(11(18)16-12(17)19)15-7-8-5-3-4-6-14-8/h3-6,15H,2,7,13H2,1H3,(H,16,18,19). The Hall–Kier alpha value is -2.57. The maximum absolute atomic E-state index is 11.7. The van der Waals surface area contributed by atoms with Crippen molar-refractivity contribution >= 4 is 11.5 Å². The zero-order valence-electron chi connectivity index (χ0n) is 10.5. The van der Waals surface area contributed by atoms with Crippen molar-refractivity contribution in [1.82, 2.24) is 14.5 Å². The summed E-state index contributed by atoms with van der Waals surface area (Å²) in [5, 5.41) is 2.91. The Morgan fingerprint density at radius 3 is 2.84 bits per heavy atom. The van der Waals surface area contributed by atoms with E-state index in [9.17, 15) is 9.59 Å². The van der Waals surface area contributed by atoms with Gasteiger partial charge < -0.3 is 11.1 Å². The highest BCUT2D eigenvalue weighted by Gasteiger charge is 2.10. The SMILES string of the molecule is CCn1c(N)c(NCc2ccccn2)c(=O)[nH]c1=O. The molecule has 0 fully saturated rings. The Morgan fingerprint density at radius 1 is 1.42 bits per heavy atom. The van der Waals surface area contributed by atoms with E-state index in [2.05, 4.69) is 15.3 Å². The van der Waals surface area contributed by atoms with Crippen LogP contribution in [0.15, 0.2) is 34.0 Å². The van der Waals surface area contributed by atoms with E-state index in [-0.39, 0.29) is 11.5 Å². The summed E-state index contributed by atoms with van der Waals surface area (Å²) in [6, 6.07) is 5.49. The van der Waals surface area contributed by atoms with Crippen LogP contribution in [0.2, 0.25) is 0 Å². The fourth-order valence-corrected chi connectivity index (χ4v) is 1.75. The molecule has 19 heavy (non-hydrogen) atoms. The van der Waals surface area contributed by atoms with Crippen LogP contribution < -0.4 is 22.3 Å². The highest BCUT2D eigenvalue weighted by Crippen LogP contribution is 2.10. The summed E-state index contributed by atoms with van der Waals surface area (Å²) in [5.41, 5.74) is 5.75. The molecular weight excluding hydrogens is 246 g/mol. The van der Waals surface area contributed by atoms with Gasteiger partial charge in [-0.15, -0.1) is 0 Å². The first kappa shape index (κ1) is 12.9. The summed E-state index contributed by atoms with van der Waals surface area (Å²) in [4.78, 5) is 29.6. The van der Waals surface area contributed by atoms with Crippen molar-refractivity contribution in [2.75, 3.05) is 11.1 Å². The molecule has 0 aromatic carbocycles. The predicted octanol–water partition coefficient (Wildman–Crippen LogP) is 0.146. The van der Waals surface area contributed by atoms with Gasteiger partial charge in [-0.05, 0) is 19.1 Å². The second-order valence-electron chi connectivity index (χ2n) is 3.94. The molecule has 100 valence electrons. The highest BCUT2D eigenvalue weighted by molar-refractivity contribution is 5.60. The molecule has 0 saturated heterocycles. The maximum Gasteiger partial charge on any atom is 0.330 e. The van der Waals surface area contributed by atoms with E-state index in [1.165, 1.54) is 4.57 Å². The number of nitrogens with one attached hydrogen (secondary N) is 2. The molecule has 2 aromatic heterocycles. The Bertz CT molecular complexity index is 675. The molecular formula is C12H15N5O2. The minimum atomic E-state index is -0.525. The number of nitrogens with zero attached hydrogens (tertiary/aromatic N) is 2. The van der Waals surface area contributed by atoms with Gasteiger partial charge in [0.2, 0.25) is 0 Å². The van der Waals surface area contributed by atoms with Crippen molar-refractivity contribution in [1.29, 1.82) is 0 Å². The van der Waals surface area contributed by atoms with Gasteiger partial charge in [-0.1, -0.05) is 6.07 Å². The number of aromatic amines is 1. The van der Waals surface area contributed by atoms with Crippen LogP contribution >= 0.6 is 0 Å². The molecule has 0 amide bonds. The van der Waals surface area contributed by atoms with E-state index < -0.39 is 11.2 Å². The molecule has 0 atom stereocenters. The van der Waals surface area contributed by atoms with Crippen molar-refractivity contribution in [3.05, 3.63) is 50.9 Å². The first-order valence-electron chi connectivity index (χ1n) is 5.90. The van der Waals surface area contributed by atoms with Crippen LogP contribution in [0.4, 0.5) is 11.5 Å². The molecule has 7 heteroatoms. The van der Waals surface area contributed by atoms with Crippen LogP contribution in [0.3, 0.4) is 0 Å². The number of hydrogen-bond acceptors (Lipinski definition) is 5. The zero-order chi connectivity index (χ0) is 13.8. The summed E-state index contributed by atoms with van der Waals surface area (Å²) < 4.78 is 1.29. The molecule has 0 aliphatic carbocycles. The van der Waals surface area contributed by atoms with Crippen LogP contribution in [0.5, 0.6) is 0 Å². The first-order chi connectivity index (χ1) is 9.13. The number of anilines is 2. The Balaban J connectivity index is 2.31. The molecule has 0 spiro atoms. The van der Waals surface area contributed by atoms with E-state index in [4.69, 9.17) is 5.73 Å². The molecule has 7 nitrogen and oxygen atoms in total. The minimum absolute atomic E-state index is 0.132. The fourth-order valence-electron chi connectivity index (χ4n) is 1.75. The van der Waals surface area contributed by atoms with Crippen molar-refractivity contribution in [2.24, 2.45) is 0 Å². The van der Waals surface area contributed by atoms with Gasteiger partial charge in [-0.3, -0.25) is 19.3 Å². The average molecular weight is 261 g/mol. The Labute approximate surface area is 109 Å². The van der Waals surface area contributed by atoms with E-state index in [1.807, 2.05) is 18.2 Å². The molecule has 4 N–H and O–H groups in total. The van der Waals surface area contributed by atoms with Crippen molar-refractivity contribution in [3.8, 4) is 0 Å². The van der Waals surface area contributed by atoms with Gasteiger partial charge >= 0.3 is 5.69 Å². The molecule has 0 unspecified atom stereocenters. The van der Waals surface area contributed by atoms with Gasteiger partial charge in [0.15, 0.2) is 0 Å². The van der Waals surface area contributed by atoms with Crippen LogP contribution in [0.25, 0.3) is 0 Å². The largest absolute Gasteiger partial charge is 0.383 e. The highest BCUT2D eigenvalue weighted by atomic mass is 16.2. The third-order valence-corrected chi connectivity index (χ3v) is 2.73. The lowest BCUT2D eigenvalue weighted by molar-refractivity contribution is 0.706. The fraction of sp³-hybridized carbons (Fsp3) is 0.250. The lowest BCUT2D eigenvalue weighted by Crippen LogP contribution is -2.33. The number of pyridine rings is 1. The quantitative estimate of drug-likeness (QED) is 0.726. The first-order valence-corrected chi connectivity index (χ1v) is 5.90. The van der Waals surface area contributed by atoms with Gasteiger partial charge in [0.25, 0.3) is 5.56 Å². The smallest absolute Gasteiger partial charge is 0.330 e. The van der Waals surface area contributed by atoms with Crippen LogP contribution in [0, 0.1) is 0 Å². The number of rotatable bonds is 4. The molecule has 0 aliphatic rings. The normalized spacial score (nSPS) is 10.4. The predicted molar refractivity (Wildman–Crippen MR) is 73.0 cm³/mol. The zero-order valence-corrected chi connectivity index (χ0v) is 10.5. The second-order valence-corrected chi connectivity index (χ2v) is 3.94. The Kier molecular flexibility index (Phi) is 3.65. The molecule has 2 aromatic rings. The summed E-state index contributed by atoms with van der Waals surface area (Å²) in [6.45, 7) is 2.52. The third kappa shape index (κ3) is 2.65. The van der Waals surface area contributed by atoms with E-state index in [0.29, 0.717) is 13.1 Å². The van der Waals surface area contributed by atoms with Gasteiger partial charge in [0.05, 0.1) is 12.2 Å². The van der Waals surface area contributed by atoms with Crippen LogP contribution in [-0.2, 0) is 13.1 Å². The van der Waals surface area contributed by atoms with Gasteiger partial charge in [-0.25, -0.2) is 4.79 Å². The summed E-state index contributed by atoms with van der Waals surface area (Å²) in [5.74, 6) is 0.132. The molecule has 0 saturated carbocycles. The van der Waals surface area contributed by atoms with Crippen molar-refractivity contribution in [2.45, 2.75) is 20.0 Å². The number of nitrogens with two attached hydrogens (primary N) is 1. The molecule has 2 rings (SSSR count). The molecule has 0 radical (unpaired) electrons. The average Bonchev–Trinajstić information content (AvgIpc) is 2.39. The summed E-state index contributed by atoms with van der Waals surface area (Å²) in [6.07, 6.45) is 1.66. The second kappa shape index (κ2) is 5.38. The van der Waals surface area contributed by atoms with Crippen molar-refractivity contribution in [3.63, 3.8) is 0 Å². The minimum Gasteiger partial charge on any atom is -0.383 e. The molecule has 0 aliphatic heterocycles. The Morgan fingerprint density at radius 2 is 2.21 bits per heavy atom. The van der Waals surface area contributed by atoms with Crippen LogP contribution in [0.1, 0.15) is 12.6 Å². The number of aromatic nitrogens is 3. The van der Waals surface area contributed by atoms with E-state index in [1.54, 1.807) is 13.1 Å². The third-order valence-electron chi connectivity index (χ3n) is 2.73. The van der Waals surface area contributed by atoms with Gasteiger partial charge in [0, 0.05) is 12.7 Å². The van der Waals surface area contributed by atoms with E-state index in [0.717, 1.165) is 5.69 Å². The molecule has 0 bridgehead atoms. The summed E-state index contributed by atoms with van der Waals surface area (Å²) in [7, 11) is 0. The van der Waals surface area contributed by atoms with Crippen LogP contribution in [-0.4, -0.2) is 14.5 Å².